The minimum Gasteiger partial charge on any atom is -0.383 e. The first-order valence-corrected chi connectivity index (χ1v) is 7.05. The monoisotopic (exact) mass is 294 g/mol. The lowest BCUT2D eigenvalue weighted by atomic mass is 10.2. The molecule has 3 heterocycles. The van der Waals surface area contributed by atoms with Gasteiger partial charge < -0.3 is 15.4 Å². The summed E-state index contributed by atoms with van der Waals surface area (Å²) in [4.78, 5) is 33.1. The first kappa shape index (κ1) is 13.1. The first-order chi connectivity index (χ1) is 9.58. The van der Waals surface area contributed by atoms with Crippen LogP contribution in [0.3, 0.4) is 0 Å². The van der Waals surface area contributed by atoms with E-state index in [0.29, 0.717) is 41.4 Å². The Morgan fingerprint density at radius 3 is 2.85 bits per heavy atom. The van der Waals surface area contributed by atoms with Gasteiger partial charge in [-0.2, -0.15) is 4.98 Å². The second kappa shape index (κ2) is 4.88. The molecule has 0 aliphatic carbocycles. The molecule has 1 amide bonds. The number of hydrogen-bond acceptors (Lipinski definition) is 6. The number of nitrogens with two attached hydrogens (primary N) is 1. The summed E-state index contributed by atoms with van der Waals surface area (Å²) in [5.41, 5.74) is 6.05. The number of ether oxygens (including phenoxy) is 1. The summed E-state index contributed by atoms with van der Waals surface area (Å²) in [6.45, 7) is 4.09. The molecule has 0 saturated carbocycles. The van der Waals surface area contributed by atoms with E-state index < -0.39 is 5.69 Å². The molecule has 0 aromatic carbocycles. The normalized spacial score (nSPS) is 15.8. The summed E-state index contributed by atoms with van der Waals surface area (Å²) >= 11 is 1.25. The molecular weight excluding hydrogens is 280 g/mol. The van der Waals surface area contributed by atoms with Gasteiger partial charge >= 0.3 is 5.69 Å². The van der Waals surface area contributed by atoms with Crippen LogP contribution in [-0.2, 0) is 4.74 Å². The van der Waals surface area contributed by atoms with Gasteiger partial charge in [0.05, 0.1) is 23.5 Å². The molecule has 0 atom stereocenters. The number of amides is 1. The molecule has 0 spiro atoms. The SMILES string of the molecule is Cc1c(C(=O)N2CCOCC2)sc2[nH]c(=O)nc(N)c12. The van der Waals surface area contributed by atoms with E-state index in [2.05, 4.69) is 9.97 Å². The number of hydrogen-bond donors (Lipinski definition) is 2. The molecule has 1 aliphatic heterocycles. The fourth-order valence-electron chi connectivity index (χ4n) is 2.31. The van der Waals surface area contributed by atoms with E-state index in [9.17, 15) is 9.59 Å². The third-order valence-electron chi connectivity index (χ3n) is 3.34. The maximum Gasteiger partial charge on any atom is 0.347 e. The zero-order valence-corrected chi connectivity index (χ0v) is 11.7. The van der Waals surface area contributed by atoms with E-state index in [-0.39, 0.29) is 11.7 Å². The van der Waals surface area contributed by atoms with Crippen molar-refractivity contribution in [2.75, 3.05) is 32.0 Å². The van der Waals surface area contributed by atoms with Gasteiger partial charge in [-0.25, -0.2) is 4.79 Å². The van der Waals surface area contributed by atoms with Crippen LogP contribution in [0.1, 0.15) is 15.2 Å². The second-order valence-electron chi connectivity index (χ2n) is 4.59. The van der Waals surface area contributed by atoms with E-state index in [1.807, 2.05) is 6.92 Å². The lowest BCUT2D eigenvalue weighted by molar-refractivity contribution is 0.0306. The molecular formula is C12H14N4O3S. The predicted octanol–water partition coefficient (Wildman–Crippen LogP) is 0.348. The molecule has 1 saturated heterocycles. The Kier molecular flexibility index (Phi) is 3.19. The smallest absolute Gasteiger partial charge is 0.347 e. The quantitative estimate of drug-likeness (QED) is 0.790. The van der Waals surface area contributed by atoms with Gasteiger partial charge in [0.25, 0.3) is 5.91 Å². The Morgan fingerprint density at radius 2 is 2.15 bits per heavy atom. The Balaban J connectivity index is 2.07. The number of aromatic amines is 1. The number of nitrogens with one attached hydrogen (secondary N) is 1. The van der Waals surface area contributed by atoms with E-state index in [4.69, 9.17) is 10.5 Å². The molecule has 8 heteroatoms. The highest BCUT2D eigenvalue weighted by molar-refractivity contribution is 7.20. The van der Waals surface area contributed by atoms with Gasteiger partial charge in [0.1, 0.15) is 10.6 Å². The van der Waals surface area contributed by atoms with Crippen molar-refractivity contribution in [1.82, 2.24) is 14.9 Å². The van der Waals surface area contributed by atoms with Crippen LogP contribution in [0.15, 0.2) is 4.79 Å². The molecule has 3 rings (SSSR count). The zero-order valence-electron chi connectivity index (χ0n) is 10.9. The first-order valence-electron chi connectivity index (χ1n) is 6.24. The second-order valence-corrected chi connectivity index (χ2v) is 5.61. The summed E-state index contributed by atoms with van der Waals surface area (Å²) in [6, 6.07) is 0. The molecule has 0 radical (unpaired) electrons. The van der Waals surface area contributed by atoms with Crippen LogP contribution in [0.25, 0.3) is 10.2 Å². The molecule has 2 aromatic rings. The third kappa shape index (κ3) is 2.06. The molecule has 20 heavy (non-hydrogen) atoms. The summed E-state index contributed by atoms with van der Waals surface area (Å²) < 4.78 is 5.24. The number of carbonyl (C=O) groups is 1. The molecule has 0 bridgehead atoms. The fraction of sp³-hybridized carbons (Fsp3) is 0.417. The highest BCUT2D eigenvalue weighted by atomic mass is 32.1. The van der Waals surface area contributed by atoms with Crippen molar-refractivity contribution in [2.45, 2.75) is 6.92 Å². The van der Waals surface area contributed by atoms with Crippen molar-refractivity contribution in [3.63, 3.8) is 0 Å². The van der Waals surface area contributed by atoms with Crippen LogP contribution in [0.2, 0.25) is 0 Å². The van der Waals surface area contributed by atoms with E-state index in [0.717, 1.165) is 5.56 Å². The van der Waals surface area contributed by atoms with Gasteiger partial charge in [-0.1, -0.05) is 0 Å². The topological polar surface area (TPSA) is 101 Å². The number of nitrogen functional groups attached to an aromatic ring is 1. The van der Waals surface area contributed by atoms with Crippen LogP contribution in [0.5, 0.6) is 0 Å². The van der Waals surface area contributed by atoms with Gasteiger partial charge in [0, 0.05) is 13.1 Å². The number of morpholine rings is 1. The highest BCUT2D eigenvalue weighted by Crippen LogP contribution is 2.32. The van der Waals surface area contributed by atoms with Crippen LogP contribution in [-0.4, -0.2) is 47.1 Å². The van der Waals surface area contributed by atoms with E-state index >= 15 is 0 Å². The van der Waals surface area contributed by atoms with Crippen molar-refractivity contribution in [3.8, 4) is 0 Å². The van der Waals surface area contributed by atoms with Gasteiger partial charge in [-0.15, -0.1) is 11.3 Å². The number of anilines is 1. The van der Waals surface area contributed by atoms with Crippen molar-refractivity contribution in [3.05, 3.63) is 20.9 Å². The predicted molar refractivity (Wildman–Crippen MR) is 76.1 cm³/mol. The summed E-state index contributed by atoms with van der Waals surface area (Å²) in [7, 11) is 0. The highest BCUT2D eigenvalue weighted by Gasteiger charge is 2.24. The number of thiophene rings is 1. The Bertz CT molecular complexity index is 730. The molecule has 2 aromatic heterocycles. The maximum atomic E-state index is 12.5. The number of aryl methyl sites for hydroxylation is 1. The van der Waals surface area contributed by atoms with Crippen LogP contribution < -0.4 is 11.4 Å². The fourth-order valence-corrected chi connectivity index (χ4v) is 3.49. The standard InChI is InChI=1S/C12H14N4O3S/c1-6-7-9(13)14-12(18)15-10(7)20-8(6)11(17)16-2-4-19-5-3-16/h2-5H2,1H3,(H3,13,14,15,18). The Morgan fingerprint density at radius 1 is 1.45 bits per heavy atom. The Hall–Kier alpha value is -1.93. The summed E-state index contributed by atoms with van der Waals surface area (Å²) in [6.07, 6.45) is 0. The molecule has 1 aliphatic rings. The number of carbonyl (C=O) groups excluding carboxylic acids is 1. The zero-order chi connectivity index (χ0) is 14.3. The molecule has 0 unspecified atom stereocenters. The molecule has 7 nitrogen and oxygen atoms in total. The summed E-state index contributed by atoms with van der Waals surface area (Å²) in [5.74, 6) is 0.116. The van der Waals surface area contributed by atoms with E-state index in [1.54, 1.807) is 4.90 Å². The van der Waals surface area contributed by atoms with Gasteiger partial charge in [0.2, 0.25) is 0 Å². The van der Waals surface area contributed by atoms with E-state index in [1.165, 1.54) is 11.3 Å². The number of fused-ring (bicyclic) bond motifs is 1. The molecule has 106 valence electrons. The number of rotatable bonds is 1. The lowest BCUT2D eigenvalue weighted by Gasteiger charge is -2.26. The van der Waals surface area contributed by atoms with Gasteiger partial charge in [-0.3, -0.25) is 9.78 Å². The minimum absolute atomic E-state index is 0.0488. The van der Waals surface area contributed by atoms with Crippen molar-refractivity contribution < 1.29 is 9.53 Å². The largest absolute Gasteiger partial charge is 0.383 e. The number of H-pyrrole nitrogens is 1. The lowest BCUT2D eigenvalue weighted by Crippen LogP contribution is -2.40. The Labute approximate surface area is 118 Å². The van der Waals surface area contributed by atoms with Crippen LogP contribution in [0.4, 0.5) is 5.82 Å². The van der Waals surface area contributed by atoms with Gasteiger partial charge in [-0.05, 0) is 12.5 Å². The average molecular weight is 294 g/mol. The molecule has 1 fully saturated rings. The van der Waals surface area contributed by atoms with Crippen LogP contribution >= 0.6 is 11.3 Å². The molecule has 3 N–H and O–H groups in total. The minimum atomic E-state index is -0.498. The van der Waals surface area contributed by atoms with Crippen molar-refractivity contribution in [1.29, 1.82) is 0 Å². The average Bonchev–Trinajstić information content (AvgIpc) is 2.76. The van der Waals surface area contributed by atoms with Gasteiger partial charge in [0.15, 0.2) is 0 Å². The van der Waals surface area contributed by atoms with Crippen molar-refractivity contribution in [2.24, 2.45) is 0 Å². The van der Waals surface area contributed by atoms with Crippen molar-refractivity contribution >= 4 is 33.3 Å². The number of aromatic nitrogens is 2. The number of nitrogens with zero attached hydrogens (tertiary/aromatic N) is 2. The third-order valence-corrected chi connectivity index (χ3v) is 4.53. The maximum absolute atomic E-state index is 12.5. The van der Waals surface area contributed by atoms with Crippen LogP contribution in [0, 0.1) is 6.92 Å². The summed E-state index contributed by atoms with van der Waals surface area (Å²) in [5, 5.41) is 0.659.